The summed E-state index contributed by atoms with van der Waals surface area (Å²) in [5.41, 5.74) is 0. The minimum atomic E-state index is 0.142. The molecule has 0 bridgehead atoms. The molecule has 2 nitrogen and oxygen atoms in total. The number of furan rings is 1. The Morgan fingerprint density at radius 2 is 2.36 bits per heavy atom. The first-order valence-corrected chi connectivity index (χ1v) is 5.59. The fourth-order valence-corrected chi connectivity index (χ4v) is 1.43. The molecule has 0 N–H and O–H groups in total. The largest absolute Gasteiger partial charge is 0.462 e. The molecule has 0 aromatic carbocycles. The van der Waals surface area contributed by atoms with E-state index in [0.29, 0.717) is 5.75 Å². The molecule has 3 heteroatoms. The first-order valence-electron chi connectivity index (χ1n) is 4.61. The van der Waals surface area contributed by atoms with E-state index in [4.69, 9.17) is 4.42 Å². The van der Waals surface area contributed by atoms with Gasteiger partial charge in [-0.2, -0.15) is 0 Å². The molecular formula is C11H14O2S. The second kappa shape index (κ2) is 5.70. The van der Waals surface area contributed by atoms with E-state index >= 15 is 0 Å². The van der Waals surface area contributed by atoms with Gasteiger partial charge in [0.15, 0.2) is 5.12 Å². The van der Waals surface area contributed by atoms with Crippen molar-refractivity contribution in [3.05, 3.63) is 29.7 Å². The Balaban J connectivity index is 2.39. The second-order valence-corrected chi connectivity index (χ2v) is 4.06. The minimum absolute atomic E-state index is 0.142. The molecule has 0 aliphatic carbocycles. The Hall–Kier alpha value is -0.960. The highest BCUT2D eigenvalue weighted by atomic mass is 32.2. The molecule has 0 saturated carbocycles. The summed E-state index contributed by atoms with van der Waals surface area (Å²) < 4.78 is 5.46. The molecule has 76 valence electrons. The van der Waals surface area contributed by atoms with Crippen molar-refractivity contribution < 1.29 is 9.21 Å². The lowest BCUT2D eigenvalue weighted by Crippen LogP contribution is -1.81. The van der Waals surface area contributed by atoms with Crippen LogP contribution in [0.4, 0.5) is 0 Å². The van der Waals surface area contributed by atoms with Crippen LogP contribution >= 0.6 is 11.8 Å². The maximum absolute atomic E-state index is 10.6. The zero-order valence-corrected chi connectivity index (χ0v) is 9.26. The third-order valence-electron chi connectivity index (χ3n) is 1.70. The van der Waals surface area contributed by atoms with Gasteiger partial charge in [0.1, 0.15) is 11.5 Å². The van der Waals surface area contributed by atoms with Crippen LogP contribution in [-0.4, -0.2) is 10.9 Å². The first kappa shape index (κ1) is 11.1. The number of aryl methyl sites for hydroxylation is 1. The van der Waals surface area contributed by atoms with E-state index in [9.17, 15) is 4.79 Å². The molecule has 0 amide bonds. The van der Waals surface area contributed by atoms with E-state index in [1.165, 1.54) is 11.8 Å². The van der Waals surface area contributed by atoms with Crippen LogP contribution in [-0.2, 0) is 11.2 Å². The predicted octanol–water partition coefficient (Wildman–Crippen LogP) is 3.13. The standard InChI is InChI=1S/C11H14O2S/c1-3-10-6-7-11(13-10)5-4-8-14-9(2)12/h4-7H,3,8H2,1-2H3. The summed E-state index contributed by atoms with van der Waals surface area (Å²) in [7, 11) is 0. The summed E-state index contributed by atoms with van der Waals surface area (Å²) in [6.07, 6.45) is 4.75. The van der Waals surface area contributed by atoms with Crippen molar-refractivity contribution >= 4 is 23.0 Å². The molecule has 1 aromatic rings. The van der Waals surface area contributed by atoms with Crippen molar-refractivity contribution in [2.75, 3.05) is 5.75 Å². The maximum Gasteiger partial charge on any atom is 0.186 e. The van der Waals surface area contributed by atoms with Crippen LogP contribution in [0.25, 0.3) is 6.08 Å². The summed E-state index contributed by atoms with van der Waals surface area (Å²) >= 11 is 1.30. The van der Waals surface area contributed by atoms with Crippen molar-refractivity contribution in [3.63, 3.8) is 0 Å². The van der Waals surface area contributed by atoms with Crippen LogP contribution < -0.4 is 0 Å². The molecule has 0 radical (unpaired) electrons. The topological polar surface area (TPSA) is 30.2 Å². The molecular weight excluding hydrogens is 196 g/mol. The fourth-order valence-electron chi connectivity index (χ4n) is 1.00. The van der Waals surface area contributed by atoms with Gasteiger partial charge in [0, 0.05) is 19.1 Å². The van der Waals surface area contributed by atoms with Gasteiger partial charge in [-0.1, -0.05) is 24.8 Å². The summed E-state index contributed by atoms with van der Waals surface area (Å²) in [6.45, 7) is 3.62. The van der Waals surface area contributed by atoms with Crippen molar-refractivity contribution in [2.24, 2.45) is 0 Å². The molecule has 0 aliphatic rings. The van der Waals surface area contributed by atoms with Crippen LogP contribution in [0, 0.1) is 0 Å². The van der Waals surface area contributed by atoms with E-state index in [1.54, 1.807) is 6.92 Å². The summed E-state index contributed by atoms with van der Waals surface area (Å²) in [6, 6.07) is 3.91. The zero-order valence-electron chi connectivity index (χ0n) is 8.45. The average Bonchev–Trinajstić information content (AvgIpc) is 2.60. The number of carbonyl (C=O) groups excluding carboxylic acids is 1. The summed E-state index contributed by atoms with van der Waals surface area (Å²) in [4.78, 5) is 10.6. The lowest BCUT2D eigenvalue weighted by molar-refractivity contribution is -0.109. The monoisotopic (exact) mass is 210 g/mol. The molecule has 0 aliphatic heterocycles. The van der Waals surface area contributed by atoms with E-state index in [2.05, 4.69) is 6.92 Å². The highest BCUT2D eigenvalue weighted by molar-refractivity contribution is 8.13. The number of hydrogen-bond donors (Lipinski definition) is 0. The molecule has 14 heavy (non-hydrogen) atoms. The predicted molar refractivity (Wildman–Crippen MR) is 60.3 cm³/mol. The summed E-state index contributed by atoms with van der Waals surface area (Å²) in [5, 5.41) is 0.142. The van der Waals surface area contributed by atoms with Gasteiger partial charge in [-0.25, -0.2) is 0 Å². The molecule has 1 heterocycles. The average molecular weight is 210 g/mol. The fraction of sp³-hybridized carbons (Fsp3) is 0.364. The molecule has 0 atom stereocenters. The molecule has 0 saturated heterocycles. The van der Waals surface area contributed by atoms with Crippen molar-refractivity contribution in [2.45, 2.75) is 20.3 Å². The van der Waals surface area contributed by atoms with Crippen LogP contribution in [0.2, 0.25) is 0 Å². The van der Waals surface area contributed by atoms with Gasteiger partial charge >= 0.3 is 0 Å². The quantitative estimate of drug-likeness (QED) is 0.764. The van der Waals surface area contributed by atoms with Crippen molar-refractivity contribution in [1.29, 1.82) is 0 Å². The Morgan fingerprint density at radius 3 is 2.93 bits per heavy atom. The second-order valence-electron chi connectivity index (χ2n) is 2.86. The van der Waals surface area contributed by atoms with Gasteiger partial charge in [-0.05, 0) is 18.2 Å². The molecule has 0 unspecified atom stereocenters. The van der Waals surface area contributed by atoms with Crippen LogP contribution in [0.5, 0.6) is 0 Å². The SMILES string of the molecule is CCc1ccc(C=CCSC(C)=O)o1. The Kier molecular flexibility index (Phi) is 4.53. The van der Waals surface area contributed by atoms with Gasteiger partial charge in [0.2, 0.25) is 0 Å². The molecule has 0 fully saturated rings. The van der Waals surface area contributed by atoms with Crippen molar-refractivity contribution in [1.82, 2.24) is 0 Å². The van der Waals surface area contributed by atoms with Crippen molar-refractivity contribution in [3.8, 4) is 0 Å². The van der Waals surface area contributed by atoms with Crippen LogP contribution in [0.15, 0.2) is 22.6 Å². The van der Waals surface area contributed by atoms with Gasteiger partial charge in [0.05, 0.1) is 0 Å². The number of rotatable bonds is 4. The maximum atomic E-state index is 10.6. The Bertz CT molecular complexity index is 326. The Morgan fingerprint density at radius 1 is 1.57 bits per heavy atom. The minimum Gasteiger partial charge on any atom is -0.462 e. The zero-order chi connectivity index (χ0) is 10.4. The molecule has 1 aromatic heterocycles. The van der Waals surface area contributed by atoms with Gasteiger partial charge < -0.3 is 4.42 Å². The Labute approximate surface area is 88.4 Å². The lowest BCUT2D eigenvalue weighted by atomic mass is 10.3. The van der Waals surface area contributed by atoms with Gasteiger partial charge in [0.25, 0.3) is 0 Å². The van der Waals surface area contributed by atoms with E-state index in [1.807, 2.05) is 24.3 Å². The smallest absolute Gasteiger partial charge is 0.186 e. The highest BCUT2D eigenvalue weighted by Crippen LogP contribution is 2.10. The first-order chi connectivity index (χ1) is 6.72. The number of thioether (sulfide) groups is 1. The van der Waals surface area contributed by atoms with E-state index in [-0.39, 0.29) is 5.12 Å². The lowest BCUT2D eigenvalue weighted by Gasteiger charge is -1.88. The third kappa shape index (κ3) is 3.83. The molecule has 0 spiro atoms. The van der Waals surface area contributed by atoms with Gasteiger partial charge in [-0.15, -0.1) is 0 Å². The third-order valence-corrected chi connectivity index (χ3v) is 2.46. The van der Waals surface area contributed by atoms with Gasteiger partial charge in [-0.3, -0.25) is 4.79 Å². The van der Waals surface area contributed by atoms with Crippen LogP contribution in [0.3, 0.4) is 0 Å². The van der Waals surface area contributed by atoms with E-state index in [0.717, 1.165) is 17.9 Å². The number of hydrogen-bond acceptors (Lipinski definition) is 3. The summed E-state index contributed by atoms with van der Waals surface area (Å²) in [5.74, 6) is 2.55. The van der Waals surface area contributed by atoms with Crippen LogP contribution in [0.1, 0.15) is 25.4 Å². The molecule has 1 rings (SSSR count). The van der Waals surface area contributed by atoms with E-state index < -0.39 is 0 Å². The number of carbonyl (C=O) groups is 1. The highest BCUT2D eigenvalue weighted by Gasteiger charge is 1.95. The normalized spacial score (nSPS) is 11.0.